The van der Waals surface area contributed by atoms with Gasteiger partial charge >= 0.3 is 12.0 Å². The Balaban J connectivity index is 1.98. The van der Waals surface area contributed by atoms with Crippen molar-refractivity contribution in [3.63, 3.8) is 0 Å². The molecule has 3 rings (SSSR count). The number of hydrogen-bond donors (Lipinski definition) is 4. The molecule has 41 heavy (non-hydrogen) atoms. The molecule has 220 valence electrons. The van der Waals surface area contributed by atoms with Gasteiger partial charge in [0.2, 0.25) is 0 Å². The highest BCUT2D eigenvalue weighted by molar-refractivity contribution is 6.31. The summed E-state index contributed by atoms with van der Waals surface area (Å²) in [5.41, 5.74) is 1.06. The number of urea groups is 1. The standard InChI is InChI=1S/C30H36ClN3O7/c1-6-21-18(5)34(16-22-23(31)12-9-13-25(22)40-7-2)29(38)27(28(21)37)33-30(39)32-24(15-26(35)36)19-10-8-11-20(14-19)41-17(3)4/h8-14,17,24,37H,6-7,15-16H2,1-5H3,(H,35,36)(H2,32,33,39)/t24-/m0/s1. The van der Waals surface area contributed by atoms with E-state index in [1.54, 1.807) is 49.4 Å². The summed E-state index contributed by atoms with van der Waals surface area (Å²) >= 11 is 6.46. The number of aromatic nitrogens is 1. The third kappa shape index (κ3) is 7.73. The second kappa shape index (κ2) is 13.9. The van der Waals surface area contributed by atoms with Crippen molar-refractivity contribution in [2.45, 2.75) is 66.2 Å². The van der Waals surface area contributed by atoms with Crippen LogP contribution in [0.2, 0.25) is 5.02 Å². The minimum atomic E-state index is -1.14. The average Bonchev–Trinajstić information content (AvgIpc) is 2.90. The number of halogens is 1. The van der Waals surface area contributed by atoms with Crippen molar-refractivity contribution in [1.82, 2.24) is 9.88 Å². The van der Waals surface area contributed by atoms with Gasteiger partial charge in [0.1, 0.15) is 17.2 Å². The maximum Gasteiger partial charge on any atom is 0.319 e. The SMILES string of the molecule is CCOc1cccc(Cl)c1Cn1c(C)c(CC)c(O)c(NC(=O)N[C@@H](CC(=O)O)c2cccc(OC(C)C)c2)c1=O. The molecule has 1 aromatic heterocycles. The predicted molar refractivity (Wildman–Crippen MR) is 158 cm³/mol. The number of carbonyl (C=O) groups is 2. The van der Waals surface area contributed by atoms with Crippen molar-refractivity contribution in [1.29, 1.82) is 0 Å². The molecule has 11 heteroatoms. The number of rotatable bonds is 12. The highest BCUT2D eigenvalue weighted by atomic mass is 35.5. The van der Waals surface area contributed by atoms with E-state index in [1.807, 2.05) is 27.7 Å². The summed E-state index contributed by atoms with van der Waals surface area (Å²) in [5.74, 6) is -0.450. The normalized spacial score (nSPS) is 11.7. The van der Waals surface area contributed by atoms with Crippen LogP contribution in [-0.4, -0.2) is 39.5 Å². The Labute approximate surface area is 243 Å². The van der Waals surface area contributed by atoms with Crippen LogP contribution in [0.4, 0.5) is 10.5 Å². The first-order valence-corrected chi connectivity index (χ1v) is 13.8. The number of amides is 2. The Morgan fingerprint density at radius 3 is 2.44 bits per heavy atom. The van der Waals surface area contributed by atoms with Crippen LogP contribution >= 0.6 is 11.6 Å². The summed E-state index contributed by atoms with van der Waals surface area (Å²) in [6.07, 6.45) is -0.149. The zero-order valence-corrected chi connectivity index (χ0v) is 24.5. The Bertz CT molecular complexity index is 1470. The molecule has 0 saturated heterocycles. The number of carboxylic acids is 1. The summed E-state index contributed by atoms with van der Waals surface area (Å²) in [6.45, 7) is 9.52. The van der Waals surface area contributed by atoms with Gasteiger partial charge in [0.25, 0.3) is 5.56 Å². The molecule has 1 heterocycles. The zero-order chi connectivity index (χ0) is 30.3. The predicted octanol–water partition coefficient (Wildman–Crippen LogP) is 5.65. The Hall–Kier alpha value is -4.18. The Morgan fingerprint density at radius 2 is 1.80 bits per heavy atom. The first kappa shape index (κ1) is 31.3. The van der Waals surface area contributed by atoms with Gasteiger partial charge in [-0.25, -0.2) is 4.79 Å². The fourth-order valence-corrected chi connectivity index (χ4v) is 4.78. The van der Waals surface area contributed by atoms with Gasteiger partial charge in [0, 0.05) is 21.8 Å². The first-order valence-electron chi connectivity index (χ1n) is 13.4. The van der Waals surface area contributed by atoms with Crippen LogP contribution in [0.15, 0.2) is 47.3 Å². The molecule has 2 aromatic carbocycles. The quantitative estimate of drug-likeness (QED) is 0.215. The zero-order valence-electron chi connectivity index (χ0n) is 23.8. The van der Waals surface area contributed by atoms with Crippen LogP contribution in [0.25, 0.3) is 0 Å². The number of carboxylic acid groups (broad SMARTS) is 1. The molecule has 0 saturated carbocycles. The summed E-state index contributed by atoms with van der Waals surface area (Å²) in [5, 5.41) is 26.0. The molecule has 3 aromatic rings. The van der Waals surface area contributed by atoms with Crippen molar-refractivity contribution >= 4 is 29.3 Å². The van der Waals surface area contributed by atoms with E-state index in [9.17, 15) is 24.6 Å². The maximum absolute atomic E-state index is 13.6. The molecular weight excluding hydrogens is 550 g/mol. The van der Waals surface area contributed by atoms with E-state index in [1.165, 1.54) is 4.57 Å². The maximum atomic E-state index is 13.6. The number of nitrogens with one attached hydrogen (secondary N) is 2. The van der Waals surface area contributed by atoms with Gasteiger partial charge in [-0.05, 0) is 63.9 Å². The average molecular weight is 586 g/mol. The van der Waals surface area contributed by atoms with Crippen LogP contribution < -0.4 is 25.7 Å². The van der Waals surface area contributed by atoms with Crippen molar-refractivity contribution < 1.29 is 29.3 Å². The summed E-state index contributed by atoms with van der Waals surface area (Å²) in [4.78, 5) is 38.4. The number of pyridine rings is 1. The summed E-state index contributed by atoms with van der Waals surface area (Å²) in [7, 11) is 0. The molecule has 2 amide bonds. The van der Waals surface area contributed by atoms with E-state index in [2.05, 4.69) is 10.6 Å². The number of ether oxygens (including phenoxy) is 2. The van der Waals surface area contributed by atoms with E-state index < -0.39 is 30.0 Å². The second-order valence-electron chi connectivity index (χ2n) is 9.67. The van der Waals surface area contributed by atoms with Crippen molar-refractivity contribution in [2.75, 3.05) is 11.9 Å². The van der Waals surface area contributed by atoms with Gasteiger partial charge in [-0.1, -0.05) is 36.7 Å². The molecule has 0 spiro atoms. The fraction of sp³-hybridized carbons (Fsp3) is 0.367. The van der Waals surface area contributed by atoms with E-state index in [0.717, 1.165) is 0 Å². The largest absolute Gasteiger partial charge is 0.505 e. The molecule has 4 N–H and O–H groups in total. The number of benzene rings is 2. The number of carbonyl (C=O) groups excluding carboxylic acids is 1. The Morgan fingerprint density at radius 1 is 1.10 bits per heavy atom. The molecule has 0 fully saturated rings. The summed E-state index contributed by atoms with van der Waals surface area (Å²) in [6, 6.07) is 10.1. The van der Waals surface area contributed by atoms with Gasteiger partial charge in [-0.2, -0.15) is 0 Å². The minimum absolute atomic E-state index is 0.0353. The van der Waals surface area contributed by atoms with Crippen LogP contribution in [-0.2, 0) is 17.8 Å². The van der Waals surface area contributed by atoms with E-state index >= 15 is 0 Å². The lowest BCUT2D eigenvalue weighted by molar-refractivity contribution is -0.137. The third-order valence-corrected chi connectivity index (χ3v) is 6.78. The number of nitrogens with zero attached hydrogens (tertiary/aromatic N) is 1. The highest BCUT2D eigenvalue weighted by Crippen LogP contribution is 2.31. The highest BCUT2D eigenvalue weighted by Gasteiger charge is 2.24. The van der Waals surface area contributed by atoms with Crippen molar-refractivity contribution in [3.05, 3.63) is 80.2 Å². The van der Waals surface area contributed by atoms with E-state index in [0.29, 0.717) is 51.9 Å². The molecule has 0 aliphatic carbocycles. The van der Waals surface area contributed by atoms with Crippen molar-refractivity contribution in [3.8, 4) is 17.2 Å². The monoisotopic (exact) mass is 585 g/mol. The lowest BCUT2D eigenvalue weighted by Crippen LogP contribution is -2.37. The second-order valence-corrected chi connectivity index (χ2v) is 10.1. The van der Waals surface area contributed by atoms with Crippen LogP contribution in [0.5, 0.6) is 17.2 Å². The van der Waals surface area contributed by atoms with Crippen molar-refractivity contribution in [2.24, 2.45) is 0 Å². The number of aliphatic carboxylic acids is 1. The van der Waals surface area contributed by atoms with E-state index in [4.69, 9.17) is 21.1 Å². The fourth-order valence-electron chi connectivity index (χ4n) is 4.55. The molecule has 0 radical (unpaired) electrons. The number of aromatic hydroxyl groups is 1. The van der Waals surface area contributed by atoms with Crippen LogP contribution in [0.1, 0.15) is 62.5 Å². The van der Waals surface area contributed by atoms with E-state index in [-0.39, 0.29) is 24.1 Å². The Kier molecular flexibility index (Phi) is 10.7. The van der Waals surface area contributed by atoms with Crippen LogP contribution in [0.3, 0.4) is 0 Å². The van der Waals surface area contributed by atoms with Crippen LogP contribution in [0, 0.1) is 6.92 Å². The van der Waals surface area contributed by atoms with Gasteiger partial charge in [-0.15, -0.1) is 0 Å². The summed E-state index contributed by atoms with van der Waals surface area (Å²) < 4.78 is 12.8. The minimum Gasteiger partial charge on any atom is -0.505 e. The number of hydrogen-bond acceptors (Lipinski definition) is 6. The third-order valence-electron chi connectivity index (χ3n) is 6.42. The first-order chi connectivity index (χ1) is 19.5. The molecule has 0 aliphatic rings. The molecule has 0 unspecified atom stereocenters. The molecular formula is C30H36ClN3O7. The molecule has 10 nitrogen and oxygen atoms in total. The van der Waals surface area contributed by atoms with Gasteiger partial charge in [0.05, 0.1) is 31.7 Å². The lowest BCUT2D eigenvalue weighted by atomic mass is 10.0. The van der Waals surface area contributed by atoms with Gasteiger partial charge in [0.15, 0.2) is 5.69 Å². The van der Waals surface area contributed by atoms with Gasteiger partial charge in [-0.3, -0.25) is 9.59 Å². The lowest BCUT2D eigenvalue weighted by Gasteiger charge is -2.22. The topological polar surface area (TPSA) is 139 Å². The smallest absolute Gasteiger partial charge is 0.319 e. The molecule has 0 aliphatic heterocycles. The van der Waals surface area contributed by atoms with Gasteiger partial charge < -0.3 is 34.9 Å². The molecule has 1 atom stereocenters. The number of anilines is 1. The molecule has 0 bridgehead atoms.